The fourth-order valence-electron chi connectivity index (χ4n) is 6.40. The number of hydrogen-bond acceptors (Lipinski definition) is 6. The second-order valence-corrected chi connectivity index (χ2v) is 13.0. The van der Waals surface area contributed by atoms with Gasteiger partial charge >= 0.3 is 5.97 Å². The van der Waals surface area contributed by atoms with Gasteiger partial charge < -0.3 is 24.8 Å². The number of carbonyl (C=O) groups excluding carboxylic acids is 1. The molecule has 6 heteroatoms. The van der Waals surface area contributed by atoms with Crippen molar-refractivity contribution in [2.75, 3.05) is 0 Å². The van der Waals surface area contributed by atoms with Crippen LogP contribution in [0.1, 0.15) is 168 Å². The third kappa shape index (κ3) is 16.5. The van der Waals surface area contributed by atoms with Crippen molar-refractivity contribution < 1.29 is 29.6 Å². The molecule has 0 aromatic carbocycles. The molecule has 6 atom stereocenters. The minimum absolute atomic E-state index is 0.102. The summed E-state index contributed by atoms with van der Waals surface area (Å²) in [6.07, 6.45) is 26.7. The maximum atomic E-state index is 11.6. The standard InChI is InChI=1S/C35H64O6/c1-3-4-5-6-7-8-9-13-16-19-22-31(37)33-24-25-34(41-33)32(38)23-20-17-14-11-10-12-15-18-21-30(36)27-29-26-28(2)40-35(29)39/h26,28,30-34,36-38H,3-25,27H2,1-2H3/t28-,30+,31+,32+,33-,34-/m0/s1. The first-order valence-corrected chi connectivity index (χ1v) is 17.5. The number of ether oxygens (including phenoxy) is 2. The van der Waals surface area contributed by atoms with Gasteiger partial charge in [0.25, 0.3) is 0 Å². The highest BCUT2D eigenvalue weighted by Gasteiger charge is 2.34. The molecule has 240 valence electrons. The predicted molar refractivity (Wildman–Crippen MR) is 167 cm³/mol. The van der Waals surface area contributed by atoms with Crippen LogP contribution in [0.3, 0.4) is 0 Å². The van der Waals surface area contributed by atoms with Crippen molar-refractivity contribution in [3.05, 3.63) is 11.6 Å². The van der Waals surface area contributed by atoms with Crippen molar-refractivity contribution in [3.8, 4) is 0 Å². The third-order valence-electron chi connectivity index (χ3n) is 9.03. The smallest absolute Gasteiger partial charge is 0.334 e. The Labute approximate surface area is 251 Å². The quantitative estimate of drug-likeness (QED) is 0.0707. The number of carbonyl (C=O) groups is 1. The number of hydrogen-bond donors (Lipinski definition) is 3. The van der Waals surface area contributed by atoms with E-state index < -0.39 is 18.3 Å². The highest BCUT2D eigenvalue weighted by atomic mass is 16.5. The molecule has 0 bridgehead atoms. The Hall–Kier alpha value is -0.950. The van der Waals surface area contributed by atoms with E-state index >= 15 is 0 Å². The van der Waals surface area contributed by atoms with Gasteiger partial charge in [-0.1, -0.05) is 122 Å². The van der Waals surface area contributed by atoms with Crippen molar-refractivity contribution in [3.63, 3.8) is 0 Å². The average molecular weight is 581 g/mol. The number of unbranched alkanes of at least 4 members (excludes halogenated alkanes) is 16. The summed E-state index contributed by atoms with van der Waals surface area (Å²) >= 11 is 0. The van der Waals surface area contributed by atoms with Crippen LogP contribution >= 0.6 is 0 Å². The second-order valence-electron chi connectivity index (χ2n) is 13.0. The lowest BCUT2D eigenvalue weighted by atomic mass is 9.99. The first kappa shape index (κ1) is 36.2. The van der Waals surface area contributed by atoms with E-state index in [1.807, 2.05) is 13.0 Å². The number of cyclic esters (lactones) is 1. The average Bonchev–Trinajstić information content (AvgIpc) is 3.57. The summed E-state index contributed by atoms with van der Waals surface area (Å²) in [5, 5.41) is 31.4. The Morgan fingerprint density at radius 2 is 1.10 bits per heavy atom. The lowest BCUT2D eigenvalue weighted by Gasteiger charge is -2.22. The highest BCUT2D eigenvalue weighted by Crippen LogP contribution is 2.28. The van der Waals surface area contributed by atoms with Gasteiger partial charge in [-0.25, -0.2) is 4.79 Å². The molecule has 0 aromatic heterocycles. The van der Waals surface area contributed by atoms with Gasteiger partial charge in [0.15, 0.2) is 0 Å². The fourth-order valence-corrected chi connectivity index (χ4v) is 6.40. The SMILES string of the molecule is CCCCCCCCCCCC[C@@H](O)[C@@H]1CC[C@@H]([C@H](O)CCCCCCCCCC[C@@H](O)CC2=C[C@H](C)OC2=O)O1. The van der Waals surface area contributed by atoms with Crippen LogP contribution in [-0.4, -0.2) is 57.9 Å². The maximum absolute atomic E-state index is 11.6. The lowest BCUT2D eigenvalue weighted by molar-refractivity contribution is -0.139. The van der Waals surface area contributed by atoms with E-state index in [1.54, 1.807) is 0 Å². The van der Waals surface area contributed by atoms with E-state index in [1.165, 1.54) is 83.5 Å². The van der Waals surface area contributed by atoms with Crippen molar-refractivity contribution in [1.82, 2.24) is 0 Å². The van der Waals surface area contributed by atoms with Crippen LogP contribution in [0.25, 0.3) is 0 Å². The lowest BCUT2D eigenvalue weighted by Crippen LogP contribution is -2.31. The van der Waals surface area contributed by atoms with E-state index in [0.29, 0.717) is 12.0 Å². The fraction of sp³-hybridized carbons (Fsp3) is 0.914. The third-order valence-corrected chi connectivity index (χ3v) is 9.03. The number of aliphatic hydroxyl groups is 3. The predicted octanol–water partition coefficient (Wildman–Crippen LogP) is 8.09. The van der Waals surface area contributed by atoms with Crippen molar-refractivity contribution in [2.24, 2.45) is 0 Å². The molecular weight excluding hydrogens is 516 g/mol. The zero-order valence-corrected chi connectivity index (χ0v) is 26.6. The zero-order valence-electron chi connectivity index (χ0n) is 26.6. The zero-order chi connectivity index (χ0) is 29.7. The van der Waals surface area contributed by atoms with E-state index in [9.17, 15) is 20.1 Å². The monoisotopic (exact) mass is 580 g/mol. The van der Waals surface area contributed by atoms with Gasteiger partial charge in [0.1, 0.15) is 6.10 Å². The molecule has 0 saturated carbocycles. The van der Waals surface area contributed by atoms with Crippen LogP contribution < -0.4 is 0 Å². The van der Waals surface area contributed by atoms with Gasteiger partial charge in [-0.05, 0) is 45.1 Å². The second kappa shape index (κ2) is 22.6. The van der Waals surface area contributed by atoms with E-state index in [4.69, 9.17) is 9.47 Å². The first-order valence-electron chi connectivity index (χ1n) is 17.5. The van der Waals surface area contributed by atoms with Gasteiger partial charge in [-0.2, -0.15) is 0 Å². The number of esters is 1. The maximum Gasteiger partial charge on any atom is 0.334 e. The van der Waals surface area contributed by atoms with Crippen LogP contribution in [-0.2, 0) is 14.3 Å². The molecular formula is C35H64O6. The van der Waals surface area contributed by atoms with Gasteiger partial charge in [0.05, 0.1) is 30.5 Å². The Balaban J connectivity index is 1.37. The highest BCUT2D eigenvalue weighted by molar-refractivity contribution is 5.90. The van der Waals surface area contributed by atoms with Crippen molar-refractivity contribution in [2.45, 2.75) is 205 Å². The Kier molecular flexibility index (Phi) is 20.0. The molecule has 2 aliphatic heterocycles. The minimum Gasteiger partial charge on any atom is -0.455 e. The van der Waals surface area contributed by atoms with Crippen LogP contribution in [0, 0.1) is 0 Å². The molecule has 0 aliphatic carbocycles. The molecule has 2 rings (SSSR count). The molecule has 1 fully saturated rings. The molecule has 41 heavy (non-hydrogen) atoms. The van der Waals surface area contributed by atoms with E-state index in [0.717, 1.165) is 64.2 Å². The van der Waals surface area contributed by atoms with Crippen LogP contribution in [0.5, 0.6) is 0 Å². The van der Waals surface area contributed by atoms with Crippen molar-refractivity contribution in [1.29, 1.82) is 0 Å². The van der Waals surface area contributed by atoms with E-state index in [2.05, 4.69) is 6.92 Å². The largest absolute Gasteiger partial charge is 0.455 e. The Morgan fingerprint density at radius 1 is 0.683 bits per heavy atom. The Morgan fingerprint density at radius 3 is 1.51 bits per heavy atom. The van der Waals surface area contributed by atoms with Gasteiger partial charge in [0.2, 0.25) is 0 Å². The van der Waals surface area contributed by atoms with Crippen LogP contribution in [0.2, 0.25) is 0 Å². The van der Waals surface area contributed by atoms with Gasteiger partial charge in [-0.3, -0.25) is 0 Å². The molecule has 0 radical (unpaired) electrons. The van der Waals surface area contributed by atoms with Gasteiger partial charge in [0, 0.05) is 12.0 Å². The molecule has 0 aromatic rings. The molecule has 6 nitrogen and oxygen atoms in total. The summed E-state index contributed by atoms with van der Waals surface area (Å²) in [7, 11) is 0. The summed E-state index contributed by atoms with van der Waals surface area (Å²) in [5.74, 6) is -0.280. The summed E-state index contributed by atoms with van der Waals surface area (Å²) in [4.78, 5) is 11.6. The first-order chi connectivity index (χ1) is 19.9. The Bertz CT molecular complexity index is 694. The van der Waals surface area contributed by atoms with E-state index in [-0.39, 0.29) is 24.3 Å². The number of aliphatic hydroxyl groups excluding tert-OH is 3. The molecule has 0 amide bonds. The van der Waals surface area contributed by atoms with Gasteiger partial charge in [-0.15, -0.1) is 0 Å². The molecule has 0 unspecified atom stereocenters. The summed E-state index contributed by atoms with van der Waals surface area (Å²) in [6, 6.07) is 0. The number of rotatable bonds is 26. The van der Waals surface area contributed by atoms with Crippen LogP contribution in [0.15, 0.2) is 11.6 Å². The molecule has 0 spiro atoms. The molecule has 2 heterocycles. The van der Waals surface area contributed by atoms with Crippen LogP contribution in [0.4, 0.5) is 0 Å². The summed E-state index contributed by atoms with van der Waals surface area (Å²) in [6.45, 7) is 4.10. The minimum atomic E-state index is -0.461. The molecule has 3 N–H and O–H groups in total. The topological polar surface area (TPSA) is 96.2 Å². The van der Waals surface area contributed by atoms with Crippen molar-refractivity contribution >= 4 is 5.97 Å². The molecule has 1 saturated heterocycles. The normalized spacial score (nSPS) is 23.0. The summed E-state index contributed by atoms with van der Waals surface area (Å²) in [5.41, 5.74) is 0.617. The summed E-state index contributed by atoms with van der Waals surface area (Å²) < 4.78 is 11.2. The molecule has 2 aliphatic rings.